The van der Waals surface area contributed by atoms with Gasteiger partial charge in [0.05, 0.1) is 0 Å². The second kappa shape index (κ2) is 6.97. The van der Waals surface area contributed by atoms with Crippen molar-refractivity contribution in [2.45, 2.75) is 33.6 Å². The molecule has 0 saturated carbocycles. The number of hydrogen-bond acceptors (Lipinski definition) is 4. The number of carbonyl (C=O) groups excluding carboxylic acids is 1. The fourth-order valence-electron chi connectivity index (χ4n) is 2.70. The highest BCUT2D eigenvalue weighted by Gasteiger charge is 2.11. The molecule has 0 atom stereocenters. The first-order chi connectivity index (χ1) is 11.9. The van der Waals surface area contributed by atoms with Crippen LogP contribution in [0.3, 0.4) is 0 Å². The van der Waals surface area contributed by atoms with Crippen LogP contribution >= 0.6 is 0 Å². The minimum atomic E-state index is -0.212. The van der Waals surface area contributed by atoms with E-state index in [1.807, 2.05) is 19.1 Å². The predicted octanol–water partition coefficient (Wildman–Crippen LogP) is 4.59. The first-order valence-corrected chi connectivity index (χ1v) is 8.33. The quantitative estimate of drug-likeness (QED) is 0.739. The number of benzene rings is 2. The Morgan fingerprint density at radius 3 is 2.76 bits per heavy atom. The smallest absolute Gasteiger partial charge is 0.262 e. The summed E-state index contributed by atoms with van der Waals surface area (Å²) in [6.07, 6.45) is 0. The third kappa shape index (κ3) is 3.99. The molecule has 0 radical (unpaired) electrons. The fraction of sp³-hybridized carbons (Fsp3) is 0.300. The second-order valence-electron chi connectivity index (χ2n) is 6.45. The molecule has 0 aliphatic heterocycles. The van der Waals surface area contributed by atoms with Gasteiger partial charge in [-0.1, -0.05) is 26.0 Å². The molecule has 0 aliphatic carbocycles. The maximum Gasteiger partial charge on any atom is 0.262 e. The van der Waals surface area contributed by atoms with E-state index < -0.39 is 0 Å². The van der Waals surface area contributed by atoms with Gasteiger partial charge < -0.3 is 14.5 Å². The van der Waals surface area contributed by atoms with E-state index in [1.54, 1.807) is 25.1 Å². The molecule has 1 N–H and O–H groups in total. The van der Waals surface area contributed by atoms with Crippen LogP contribution in [0, 0.1) is 13.8 Å². The van der Waals surface area contributed by atoms with Crippen LogP contribution in [0.2, 0.25) is 0 Å². The molecule has 3 rings (SSSR count). The van der Waals surface area contributed by atoms with Crippen molar-refractivity contribution in [1.82, 2.24) is 4.98 Å². The standard InChI is InChI=1S/C20H22N2O3/c1-12(2)16-7-5-13(3)9-19(16)24-11-20(23)22-15-6-8-18-17(10-15)21-14(4)25-18/h5-10,12H,11H2,1-4H3,(H,22,23). The summed E-state index contributed by atoms with van der Waals surface area (Å²) >= 11 is 0. The lowest BCUT2D eigenvalue weighted by Crippen LogP contribution is -2.20. The third-order valence-corrected chi connectivity index (χ3v) is 3.93. The first kappa shape index (κ1) is 17.0. The largest absolute Gasteiger partial charge is 0.483 e. The van der Waals surface area contributed by atoms with Crippen LogP contribution in [0.15, 0.2) is 40.8 Å². The molecule has 0 aliphatic rings. The Kier molecular flexibility index (Phi) is 4.74. The Hall–Kier alpha value is -2.82. The van der Waals surface area contributed by atoms with Gasteiger partial charge >= 0.3 is 0 Å². The van der Waals surface area contributed by atoms with Gasteiger partial charge in [-0.15, -0.1) is 0 Å². The predicted molar refractivity (Wildman–Crippen MR) is 98.1 cm³/mol. The monoisotopic (exact) mass is 338 g/mol. The topological polar surface area (TPSA) is 64.4 Å². The van der Waals surface area contributed by atoms with Gasteiger partial charge in [0, 0.05) is 12.6 Å². The maximum atomic E-state index is 12.2. The zero-order valence-corrected chi connectivity index (χ0v) is 14.9. The number of ether oxygens (including phenoxy) is 1. The number of rotatable bonds is 5. The molecule has 0 unspecified atom stereocenters. The number of nitrogens with zero attached hydrogens (tertiary/aromatic N) is 1. The summed E-state index contributed by atoms with van der Waals surface area (Å²) in [4.78, 5) is 16.5. The summed E-state index contributed by atoms with van der Waals surface area (Å²) in [5.74, 6) is 1.47. The summed E-state index contributed by atoms with van der Waals surface area (Å²) < 4.78 is 11.2. The average Bonchev–Trinajstić information content (AvgIpc) is 2.92. The third-order valence-electron chi connectivity index (χ3n) is 3.93. The number of aryl methyl sites for hydroxylation is 2. The zero-order valence-electron chi connectivity index (χ0n) is 14.9. The molecule has 1 amide bonds. The van der Waals surface area contributed by atoms with Gasteiger partial charge in [0.1, 0.15) is 11.3 Å². The number of amides is 1. The van der Waals surface area contributed by atoms with Gasteiger partial charge in [0.25, 0.3) is 5.91 Å². The summed E-state index contributed by atoms with van der Waals surface area (Å²) in [7, 11) is 0. The summed E-state index contributed by atoms with van der Waals surface area (Å²) in [6.45, 7) is 7.96. The number of carbonyl (C=O) groups is 1. The average molecular weight is 338 g/mol. The Balaban J connectivity index is 1.67. The molecule has 5 nitrogen and oxygen atoms in total. The second-order valence-corrected chi connectivity index (χ2v) is 6.45. The maximum absolute atomic E-state index is 12.2. The Bertz CT molecular complexity index is 912. The highest BCUT2D eigenvalue weighted by Crippen LogP contribution is 2.27. The molecular formula is C20H22N2O3. The van der Waals surface area contributed by atoms with Crippen LogP contribution in [0.5, 0.6) is 5.75 Å². The summed E-state index contributed by atoms with van der Waals surface area (Å²) in [6, 6.07) is 11.4. The number of hydrogen-bond donors (Lipinski definition) is 1. The molecule has 25 heavy (non-hydrogen) atoms. The van der Waals surface area contributed by atoms with E-state index in [4.69, 9.17) is 9.15 Å². The Morgan fingerprint density at radius 1 is 1.20 bits per heavy atom. The van der Waals surface area contributed by atoms with Crippen molar-refractivity contribution >= 4 is 22.7 Å². The van der Waals surface area contributed by atoms with Crippen molar-refractivity contribution in [1.29, 1.82) is 0 Å². The number of aromatic nitrogens is 1. The molecule has 1 aromatic heterocycles. The van der Waals surface area contributed by atoms with Gasteiger partial charge in [-0.05, 0) is 48.2 Å². The normalized spacial score (nSPS) is 11.1. The molecule has 0 spiro atoms. The molecule has 1 heterocycles. The SMILES string of the molecule is Cc1ccc(C(C)C)c(OCC(=O)Nc2ccc3oc(C)nc3c2)c1. The van der Waals surface area contributed by atoms with Crippen LogP contribution in [-0.4, -0.2) is 17.5 Å². The van der Waals surface area contributed by atoms with Crippen molar-refractivity contribution in [3.05, 3.63) is 53.4 Å². The lowest BCUT2D eigenvalue weighted by Gasteiger charge is -2.14. The Morgan fingerprint density at radius 2 is 2.00 bits per heavy atom. The van der Waals surface area contributed by atoms with Crippen molar-refractivity contribution < 1.29 is 13.9 Å². The fourth-order valence-corrected chi connectivity index (χ4v) is 2.70. The molecule has 2 aromatic carbocycles. The van der Waals surface area contributed by atoms with E-state index in [1.165, 1.54) is 0 Å². The van der Waals surface area contributed by atoms with Crippen LogP contribution in [0.25, 0.3) is 11.1 Å². The highest BCUT2D eigenvalue weighted by molar-refractivity contribution is 5.93. The van der Waals surface area contributed by atoms with Crippen LogP contribution in [-0.2, 0) is 4.79 Å². The molecule has 5 heteroatoms. The molecule has 3 aromatic rings. The first-order valence-electron chi connectivity index (χ1n) is 8.33. The zero-order chi connectivity index (χ0) is 18.0. The summed E-state index contributed by atoms with van der Waals surface area (Å²) in [5, 5.41) is 2.83. The molecule has 0 fully saturated rings. The molecular weight excluding hydrogens is 316 g/mol. The van der Waals surface area contributed by atoms with Crippen molar-refractivity contribution in [2.24, 2.45) is 0 Å². The van der Waals surface area contributed by atoms with Gasteiger partial charge in [-0.2, -0.15) is 0 Å². The van der Waals surface area contributed by atoms with Crippen molar-refractivity contribution in [3.8, 4) is 5.75 Å². The van der Waals surface area contributed by atoms with E-state index >= 15 is 0 Å². The van der Waals surface area contributed by atoms with Crippen molar-refractivity contribution in [3.63, 3.8) is 0 Å². The van der Waals surface area contributed by atoms with E-state index in [9.17, 15) is 4.79 Å². The number of oxazole rings is 1. The van der Waals surface area contributed by atoms with E-state index in [-0.39, 0.29) is 12.5 Å². The van der Waals surface area contributed by atoms with Crippen LogP contribution in [0.1, 0.15) is 36.8 Å². The van der Waals surface area contributed by atoms with Crippen molar-refractivity contribution in [2.75, 3.05) is 11.9 Å². The minimum absolute atomic E-state index is 0.0426. The summed E-state index contributed by atoms with van der Waals surface area (Å²) in [5.41, 5.74) is 4.29. The van der Waals surface area contributed by atoms with Gasteiger partial charge in [-0.3, -0.25) is 4.79 Å². The lowest BCUT2D eigenvalue weighted by atomic mass is 10.0. The van der Waals surface area contributed by atoms with E-state index in [0.717, 1.165) is 22.4 Å². The van der Waals surface area contributed by atoms with Crippen LogP contribution in [0.4, 0.5) is 5.69 Å². The molecule has 130 valence electrons. The van der Waals surface area contributed by atoms with E-state index in [0.29, 0.717) is 23.1 Å². The Labute approximate surface area is 147 Å². The number of nitrogens with one attached hydrogen (secondary N) is 1. The highest BCUT2D eigenvalue weighted by atomic mass is 16.5. The van der Waals surface area contributed by atoms with Gasteiger partial charge in [0.15, 0.2) is 18.1 Å². The van der Waals surface area contributed by atoms with Gasteiger partial charge in [-0.25, -0.2) is 4.98 Å². The minimum Gasteiger partial charge on any atom is -0.483 e. The molecule has 0 saturated heterocycles. The van der Waals surface area contributed by atoms with Crippen LogP contribution < -0.4 is 10.1 Å². The van der Waals surface area contributed by atoms with Gasteiger partial charge in [0.2, 0.25) is 0 Å². The number of fused-ring (bicyclic) bond motifs is 1. The lowest BCUT2D eigenvalue weighted by molar-refractivity contribution is -0.118. The molecule has 0 bridgehead atoms. The van der Waals surface area contributed by atoms with E-state index in [2.05, 4.69) is 30.2 Å². The number of anilines is 1.